The number of amides is 2. The van der Waals surface area contributed by atoms with Crippen molar-refractivity contribution >= 4 is 35.1 Å². The number of alkyl halides is 3. The first-order chi connectivity index (χ1) is 13.0. The van der Waals surface area contributed by atoms with Crippen LogP contribution in [0.15, 0.2) is 18.2 Å². The summed E-state index contributed by atoms with van der Waals surface area (Å²) in [6.07, 6.45) is -6.18. The number of anilines is 1. The Morgan fingerprint density at radius 1 is 1.39 bits per heavy atom. The minimum absolute atomic E-state index is 0.0364. The van der Waals surface area contributed by atoms with Crippen LogP contribution in [0, 0.1) is 5.92 Å². The van der Waals surface area contributed by atoms with Gasteiger partial charge in [-0.3, -0.25) is 14.4 Å². The van der Waals surface area contributed by atoms with E-state index in [0.29, 0.717) is 16.5 Å². The van der Waals surface area contributed by atoms with Crippen LogP contribution in [0.25, 0.3) is 0 Å². The molecule has 0 spiro atoms. The normalized spacial score (nSPS) is 18.0. The lowest BCUT2D eigenvalue weighted by molar-refractivity contribution is -0.160. The van der Waals surface area contributed by atoms with Crippen molar-refractivity contribution in [3.63, 3.8) is 0 Å². The summed E-state index contributed by atoms with van der Waals surface area (Å²) in [5, 5.41) is 2.00. The molecule has 0 bridgehead atoms. The predicted octanol–water partition coefficient (Wildman–Crippen LogP) is 2.31. The highest BCUT2D eigenvalue weighted by Crippen LogP contribution is 2.35. The quantitative estimate of drug-likeness (QED) is 0.711. The molecule has 1 heterocycles. The molecule has 0 radical (unpaired) electrons. The van der Waals surface area contributed by atoms with Crippen LogP contribution >= 0.6 is 11.6 Å². The molecule has 1 aromatic rings. The minimum atomic E-state index is -4.58. The van der Waals surface area contributed by atoms with Gasteiger partial charge in [0.05, 0.1) is 18.7 Å². The Morgan fingerprint density at radius 3 is 2.68 bits per heavy atom. The molecule has 2 rings (SSSR count). The number of hydrogen-bond acceptors (Lipinski definition) is 5. The third kappa shape index (κ3) is 5.51. The van der Waals surface area contributed by atoms with Crippen LogP contribution in [0.1, 0.15) is 13.3 Å². The molecule has 1 N–H and O–H groups in total. The summed E-state index contributed by atoms with van der Waals surface area (Å²) in [6.45, 7) is -0.415. The van der Waals surface area contributed by atoms with Crippen LogP contribution in [0.5, 0.6) is 5.75 Å². The summed E-state index contributed by atoms with van der Waals surface area (Å²) in [5.41, 5.74) is 0.381. The molecule has 1 aliphatic rings. The second-order valence-electron chi connectivity index (χ2n) is 6.13. The Morgan fingerprint density at radius 2 is 2.07 bits per heavy atom. The Kier molecular flexibility index (Phi) is 6.76. The van der Waals surface area contributed by atoms with Crippen molar-refractivity contribution in [1.29, 1.82) is 0 Å². The summed E-state index contributed by atoms with van der Waals surface area (Å²) in [4.78, 5) is 37.5. The van der Waals surface area contributed by atoms with Crippen LogP contribution in [-0.2, 0) is 19.1 Å². The lowest BCUT2D eigenvalue weighted by Gasteiger charge is -2.20. The maximum atomic E-state index is 12.3. The van der Waals surface area contributed by atoms with E-state index >= 15 is 0 Å². The van der Waals surface area contributed by atoms with Crippen molar-refractivity contribution < 1.29 is 37.0 Å². The molecule has 2 amide bonds. The molecule has 0 unspecified atom stereocenters. The SMILES string of the molecule is COc1ccc(Cl)cc1N1C[C@H](C(=O)O[C@H](C)C(=O)NCC(F)(F)F)CC1=O. The lowest BCUT2D eigenvalue weighted by Crippen LogP contribution is -2.41. The number of nitrogens with zero attached hydrogens (tertiary/aromatic N) is 1. The first-order valence-electron chi connectivity index (χ1n) is 8.20. The van der Waals surface area contributed by atoms with Gasteiger partial charge >= 0.3 is 12.1 Å². The zero-order valence-electron chi connectivity index (χ0n) is 15.0. The second kappa shape index (κ2) is 8.68. The molecule has 1 aliphatic heterocycles. The average Bonchev–Trinajstić information content (AvgIpc) is 3.00. The second-order valence-corrected chi connectivity index (χ2v) is 6.57. The third-order valence-corrected chi connectivity index (χ3v) is 4.25. The van der Waals surface area contributed by atoms with Gasteiger partial charge in [-0.2, -0.15) is 13.2 Å². The molecular weight excluding hydrogens is 405 g/mol. The van der Waals surface area contributed by atoms with Crippen molar-refractivity contribution in [2.45, 2.75) is 25.6 Å². The fraction of sp³-hybridized carbons (Fsp3) is 0.471. The number of benzene rings is 1. The van der Waals surface area contributed by atoms with Crippen molar-refractivity contribution in [3.8, 4) is 5.75 Å². The highest BCUT2D eigenvalue weighted by molar-refractivity contribution is 6.31. The number of methoxy groups -OCH3 is 1. The van der Waals surface area contributed by atoms with Gasteiger partial charge in [-0.1, -0.05) is 11.6 Å². The third-order valence-electron chi connectivity index (χ3n) is 4.02. The van der Waals surface area contributed by atoms with E-state index in [1.165, 1.54) is 18.1 Å². The van der Waals surface area contributed by atoms with Crippen LogP contribution in [0.4, 0.5) is 18.9 Å². The van der Waals surface area contributed by atoms with E-state index in [1.54, 1.807) is 17.4 Å². The average molecular weight is 423 g/mol. The smallest absolute Gasteiger partial charge is 0.405 e. The first-order valence-corrected chi connectivity index (χ1v) is 8.58. The highest BCUT2D eigenvalue weighted by atomic mass is 35.5. The van der Waals surface area contributed by atoms with E-state index in [9.17, 15) is 27.6 Å². The highest BCUT2D eigenvalue weighted by Gasteiger charge is 2.38. The molecule has 7 nitrogen and oxygen atoms in total. The van der Waals surface area contributed by atoms with Crippen LogP contribution in [0.2, 0.25) is 5.02 Å². The standard InChI is InChI=1S/C17H18ClF3N2O5/c1-9(15(25)22-8-17(19,20)21)28-16(26)10-5-14(24)23(7-10)12-6-11(18)3-4-13(12)27-2/h3-4,6,9-10H,5,7-8H2,1-2H3,(H,22,25)/t9-,10-/m1/s1. The van der Waals surface area contributed by atoms with E-state index in [1.807, 2.05) is 0 Å². The fourth-order valence-corrected chi connectivity index (χ4v) is 2.79. The van der Waals surface area contributed by atoms with E-state index in [0.717, 1.165) is 6.92 Å². The predicted molar refractivity (Wildman–Crippen MR) is 93.1 cm³/mol. The van der Waals surface area contributed by atoms with Crippen LogP contribution in [0.3, 0.4) is 0 Å². The zero-order chi connectivity index (χ0) is 21.1. The summed E-state index contributed by atoms with van der Waals surface area (Å²) >= 11 is 5.95. The molecular formula is C17H18ClF3N2O5. The number of hydrogen-bond donors (Lipinski definition) is 1. The summed E-state index contributed by atoms with van der Waals surface area (Å²) in [7, 11) is 1.42. The van der Waals surface area contributed by atoms with Crippen LogP contribution < -0.4 is 15.0 Å². The number of carbonyl (C=O) groups excluding carboxylic acids is 3. The van der Waals surface area contributed by atoms with E-state index in [4.69, 9.17) is 21.1 Å². The van der Waals surface area contributed by atoms with Gasteiger partial charge in [-0.05, 0) is 25.1 Å². The monoisotopic (exact) mass is 422 g/mol. The van der Waals surface area contributed by atoms with E-state index in [2.05, 4.69) is 0 Å². The van der Waals surface area contributed by atoms with Crippen LogP contribution in [-0.4, -0.2) is 50.3 Å². The topological polar surface area (TPSA) is 84.9 Å². The summed E-state index contributed by atoms with van der Waals surface area (Å²) in [5.74, 6) is -2.81. The Hall–Kier alpha value is -2.49. The number of ether oxygens (including phenoxy) is 2. The molecule has 0 saturated carbocycles. The van der Waals surface area contributed by atoms with Gasteiger partial charge < -0.3 is 19.7 Å². The molecule has 11 heteroatoms. The zero-order valence-corrected chi connectivity index (χ0v) is 15.8. The van der Waals surface area contributed by atoms with Crippen molar-refractivity contribution in [1.82, 2.24) is 5.32 Å². The van der Waals surface area contributed by atoms with Gasteiger partial charge in [-0.25, -0.2) is 0 Å². The van der Waals surface area contributed by atoms with Crippen molar-refractivity contribution in [2.24, 2.45) is 5.92 Å². The molecule has 1 aromatic carbocycles. The lowest BCUT2D eigenvalue weighted by atomic mass is 10.1. The van der Waals surface area contributed by atoms with Gasteiger partial charge in [-0.15, -0.1) is 0 Å². The number of nitrogens with one attached hydrogen (secondary N) is 1. The molecule has 0 aliphatic carbocycles. The van der Waals surface area contributed by atoms with E-state index in [-0.39, 0.29) is 18.9 Å². The van der Waals surface area contributed by atoms with E-state index < -0.39 is 36.6 Å². The molecule has 1 fully saturated rings. The largest absolute Gasteiger partial charge is 0.495 e. The summed E-state index contributed by atoms with van der Waals surface area (Å²) < 4.78 is 46.5. The molecule has 28 heavy (non-hydrogen) atoms. The molecule has 1 saturated heterocycles. The molecule has 0 aromatic heterocycles. The molecule has 154 valence electrons. The van der Waals surface area contributed by atoms with Crippen molar-refractivity contribution in [2.75, 3.05) is 25.1 Å². The van der Waals surface area contributed by atoms with Gasteiger partial charge in [0.2, 0.25) is 5.91 Å². The number of rotatable bonds is 6. The number of esters is 1. The van der Waals surface area contributed by atoms with Gasteiger partial charge in [0.1, 0.15) is 12.3 Å². The maximum absolute atomic E-state index is 12.3. The van der Waals surface area contributed by atoms with Gasteiger partial charge in [0, 0.05) is 18.0 Å². The van der Waals surface area contributed by atoms with Gasteiger partial charge in [0.25, 0.3) is 5.91 Å². The minimum Gasteiger partial charge on any atom is -0.495 e. The van der Waals surface area contributed by atoms with Crippen molar-refractivity contribution in [3.05, 3.63) is 23.2 Å². The maximum Gasteiger partial charge on any atom is 0.405 e. The Labute approximate surface area is 163 Å². The Balaban J connectivity index is 2.00. The number of carbonyl (C=O) groups is 3. The Bertz CT molecular complexity index is 772. The first kappa shape index (κ1) is 21.8. The summed E-state index contributed by atoms with van der Waals surface area (Å²) in [6, 6.07) is 4.67. The number of halogens is 4. The fourth-order valence-electron chi connectivity index (χ4n) is 2.63. The van der Waals surface area contributed by atoms with Gasteiger partial charge in [0.15, 0.2) is 6.10 Å². The molecule has 2 atom stereocenters.